The minimum Gasteiger partial charge on any atom is -0.496 e. The van der Waals surface area contributed by atoms with Crippen LogP contribution < -0.4 is 4.74 Å². The number of aryl methyl sites for hydroxylation is 3. The first-order valence-electron chi connectivity index (χ1n) is 8.76. The van der Waals surface area contributed by atoms with Crippen LogP contribution in [0.3, 0.4) is 0 Å². The number of benzene rings is 2. The Morgan fingerprint density at radius 1 is 1.15 bits per heavy atom. The van der Waals surface area contributed by atoms with E-state index in [0.29, 0.717) is 22.4 Å². The van der Waals surface area contributed by atoms with Crippen molar-refractivity contribution in [2.45, 2.75) is 37.2 Å². The molecule has 1 aromatic heterocycles. The molecule has 138 valence electrons. The van der Waals surface area contributed by atoms with E-state index in [-0.39, 0.29) is 0 Å². The van der Waals surface area contributed by atoms with Crippen LogP contribution in [0.5, 0.6) is 5.75 Å². The summed E-state index contributed by atoms with van der Waals surface area (Å²) in [6.07, 6.45) is 2.63. The molecule has 6 heteroatoms. The molecule has 3 aromatic rings. The Labute approximate surface area is 163 Å². The lowest BCUT2D eigenvalue weighted by atomic mass is 10.1. The van der Waals surface area contributed by atoms with Crippen LogP contribution in [0.15, 0.2) is 52.1 Å². The molecule has 0 N–H and O–H groups in total. The molecule has 3 rings (SSSR count). The predicted octanol–water partition coefficient (Wildman–Crippen LogP) is 4.73. The Morgan fingerprint density at radius 2 is 2.00 bits per heavy atom. The minimum atomic E-state index is 0.540. The quantitative estimate of drug-likeness (QED) is 0.527. The van der Waals surface area contributed by atoms with Gasteiger partial charge in [0.15, 0.2) is 0 Å². The molecule has 0 saturated carbocycles. The van der Waals surface area contributed by atoms with Gasteiger partial charge in [-0.05, 0) is 48.6 Å². The van der Waals surface area contributed by atoms with Gasteiger partial charge in [0.2, 0.25) is 5.89 Å². The molecule has 27 heavy (non-hydrogen) atoms. The van der Waals surface area contributed by atoms with Gasteiger partial charge < -0.3 is 9.15 Å². The lowest BCUT2D eigenvalue weighted by Gasteiger charge is -2.06. The Hall–Kier alpha value is -2.78. The number of nitrogens with zero attached hydrogens (tertiary/aromatic N) is 3. The third-order valence-corrected chi connectivity index (χ3v) is 5.12. The van der Waals surface area contributed by atoms with Gasteiger partial charge in [-0.1, -0.05) is 42.1 Å². The Balaban J connectivity index is 1.49. The summed E-state index contributed by atoms with van der Waals surface area (Å²) < 4.78 is 11.0. The Kier molecular flexibility index (Phi) is 6.50. The fourth-order valence-corrected chi connectivity index (χ4v) is 3.62. The monoisotopic (exact) mass is 379 g/mol. The second-order valence-electron chi connectivity index (χ2n) is 6.18. The van der Waals surface area contributed by atoms with Crippen molar-refractivity contribution in [3.05, 3.63) is 70.6 Å². The van der Waals surface area contributed by atoms with Crippen molar-refractivity contribution in [1.29, 1.82) is 5.26 Å². The van der Waals surface area contributed by atoms with Crippen molar-refractivity contribution in [1.82, 2.24) is 10.2 Å². The van der Waals surface area contributed by atoms with Crippen LogP contribution in [-0.4, -0.2) is 17.3 Å². The largest absolute Gasteiger partial charge is 0.496 e. The highest BCUT2D eigenvalue weighted by atomic mass is 32.2. The average Bonchev–Trinajstić information content (AvgIpc) is 3.14. The summed E-state index contributed by atoms with van der Waals surface area (Å²) in [6, 6.07) is 16.0. The zero-order valence-electron chi connectivity index (χ0n) is 15.4. The number of hydrogen-bond donors (Lipinski definition) is 0. The number of nitriles is 1. The number of hydrogen-bond acceptors (Lipinski definition) is 6. The van der Waals surface area contributed by atoms with Crippen molar-refractivity contribution in [2.75, 3.05) is 7.11 Å². The normalized spacial score (nSPS) is 10.6. The summed E-state index contributed by atoms with van der Waals surface area (Å²) in [5.74, 6) is 2.20. The van der Waals surface area contributed by atoms with Gasteiger partial charge in [0.05, 0.1) is 18.7 Å². The van der Waals surface area contributed by atoms with Gasteiger partial charge in [0, 0.05) is 12.2 Å². The zero-order chi connectivity index (χ0) is 19.1. The van der Waals surface area contributed by atoms with Gasteiger partial charge in [0.1, 0.15) is 5.75 Å². The second-order valence-corrected chi connectivity index (χ2v) is 7.10. The van der Waals surface area contributed by atoms with Crippen LogP contribution >= 0.6 is 11.8 Å². The van der Waals surface area contributed by atoms with Gasteiger partial charge in [-0.3, -0.25) is 0 Å². The number of rotatable bonds is 8. The summed E-state index contributed by atoms with van der Waals surface area (Å²) in [7, 11) is 1.69. The summed E-state index contributed by atoms with van der Waals surface area (Å²) in [5, 5.41) is 17.9. The topological polar surface area (TPSA) is 71.9 Å². The van der Waals surface area contributed by atoms with Crippen molar-refractivity contribution < 1.29 is 9.15 Å². The molecule has 5 nitrogen and oxygen atoms in total. The maximum atomic E-state index is 9.14. The van der Waals surface area contributed by atoms with E-state index in [1.54, 1.807) is 7.11 Å². The van der Waals surface area contributed by atoms with E-state index in [1.807, 2.05) is 37.3 Å². The van der Waals surface area contributed by atoms with Crippen molar-refractivity contribution >= 4 is 11.8 Å². The fraction of sp³-hybridized carbons (Fsp3) is 0.286. The number of aromatic nitrogens is 2. The molecule has 0 amide bonds. The maximum Gasteiger partial charge on any atom is 0.276 e. The molecule has 0 atom stereocenters. The average molecular weight is 379 g/mol. The van der Waals surface area contributed by atoms with E-state index in [1.165, 1.54) is 17.3 Å². The second kappa shape index (κ2) is 9.24. The van der Waals surface area contributed by atoms with E-state index in [0.717, 1.165) is 36.1 Å². The first kappa shape index (κ1) is 19.0. The lowest BCUT2D eigenvalue weighted by Crippen LogP contribution is -1.93. The van der Waals surface area contributed by atoms with Crippen LogP contribution in [0.25, 0.3) is 0 Å². The van der Waals surface area contributed by atoms with Gasteiger partial charge in [0.25, 0.3) is 5.22 Å². The smallest absolute Gasteiger partial charge is 0.276 e. The first-order valence-corrected chi connectivity index (χ1v) is 9.75. The number of methoxy groups -OCH3 is 1. The molecule has 0 spiro atoms. The standard InChI is InChI=1S/C21H21N3O2S/c1-15-12-16(10-11-19(15)25-2)6-5-9-20-23-24-21(26-20)27-14-18-8-4-3-7-17(18)13-22/h3-4,7-8,10-12H,5-6,9,14H2,1-2H3. The molecule has 0 aliphatic heterocycles. The molecule has 0 unspecified atom stereocenters. The van der Waals surface area contributed by atoms with E-state index in [4.69, 9.17) is 14.4 Å². The van der Waals surface area contributed by atoms with Crippen LogP contribution in [0.1, 0.15) is 34.6 Å². The van der Waals surface area contributed by atoms with Crippen molar-refractivity contribution in [2.24, 2.45) is 0 Å². The highest BCUT2D eigenvalue weighted by molar-refractivity contribution is 7.98. The molecule has 0 aliphatic carbocycles. The molecule has 0 radical (unpaired) electrons. The van der Waals surface area contributed by atoms with Crippen molar-refractivity contribution in [3.8, 4) is 11.8 Å². The maximum absolute atomic E-state index is 9.14. The van der Waals surface area contributed by atoms with E-state index in [2.05, 4.69) is 28.4 Å². The molecule has 0 saturated heterocycles. The highest BCUT2D eigenvalue weighted by Gasteiger charge is 2.09. The third-order valence-electron chi connectivity index (χ3n) is 4.25. The van der Waals surface area contributed by atoms with Gasteiger partial charge in [-0.25, -0.2) is 0 Å². The van der Waals surface area contributed by atoms with Gasteiger partial charge >= 0.3 is 0 Å². The van der Waals surface area contributed by atoms with Gasteiger partial charge in [-0.15, -0.1) is 10.2 Å². The number of thioether (sulfide) groups is 1. The molecule has 2 aromatic carbocycles. The third kappa shape index (κ3) is 5.11. The van der Waals surface area contributed by atoms with Crippen LogP contribution in [0.2, 0.25) is 0 Å². The zero-order valence-corrected chi connectivity index (χ0v) is 16.3. The highest BCUT2D eigenvalue weighted by Crippen LogP contribution is 2.24. The summed E-state index contributed by atoms with van der Waals surface area (Å²) in [5.41, 5.74) is 4.07. The van der Waals surface area contributed by atoms with Crippen LogP contribution in [0.4, 0.5) is 0 Å². The van der Waals surface area contributed by atoms with E-state index >= 15 is 0 Å². The molecule has 0 aliphatic rings. The molecule has 0 fully saturated rings. The number of ether oxygens (including phenoxy) is 1. The fourth-order valence-electron chi connectivity index (χ4n) is 2.83. The molecule has 1 heterocycles. The Morgan fingerprint density at radius 3 is 2.78 bits per heavy atom. The van der Waals surface area contributed by atoms with Gasteiger partial charge in [-0.2, -0.15) is 5.26 Å². The van der Waals surface area contributed by atoms with Crippen LogP contribution in [0, 0.1) is 18.3 Å². The summed E-state index contributed by atoms with van der Waals surface area (Å²) in [6.45, 7) is 2.05. The molecular weight excluding hydrogens is 358 g/mol. The van der Waals surface area contributed by atoms with E-state index in [9.17, 15) is 0 Å². The summed E-state index contributed by atoms with van der Waals surface area (Å²) >= 11 is 1.45. The SMILES string of the molecule is COc1ccc(CCCc2nnc(SCc3ccccc3C#N)o2)cc1C. The van der Waals surface area contributed by atoms with Crippen LogP contribution in [-0.2, 0) is 18.6 Å². The minimum absolute atomic E-state index is 0.540. The first-order chi connectivity index (χ1) is 13.2. The lowest BCUT2D eigenvalue weighted by molar-refractivity contribution is 0.408. The van der Waals surface area contributed by atoms with E-state index < -0.39 is 0 Å². The molecule has 0 bridgehead atoms. The Bertz CT molecular complexity index is 947. The molecular formula is C21H21N3O2S. The predicted molar refractivity (Wildman–Crippen MR) is 105 cm³/mol. The van der Waals surface area contributed by atoms with Crippen molar-refractivity contribution in [3.63, 3.8) is 0 Å². The summed E-state index contributed by atoms with van der Waals surface area (Å²) in [4.78, 5) is 0.